The van der Waals surface area contributed by atoms with Crippen molar-refractivity contribution in [1.82, 2.24) is 16.0 Å². The van der Waals surface area contributed by atoms with Crippen molar-refractivity contribution >= 4 is 17.4 Å². The number of aliphatic hydroxyl groups is 1. The first kappa shape index (κ1) is 21.4. The number of fused-ring (bicyclic) bond motifs is 5. The highest BCUT2D eigenvalue weighted by Gasteiger charge is 2.30. The van der Waals surface area contributed by atoms with Crippen molar-refractivity contribution in [3.05, 3.63) is 59.5 Å². The fourth-order valence-corrected chi connectivity index (χ4v) is 3.97. The Morgan fingerprint density at radius 1 is 1.23 bits per heavy atom. The number of aliphatic hydroxyl groups excluding tert-OH is 1. The molecule has 0 saturated carbocycles. The average Bonchev–Trinajstić information content (AvgIpc) is 2.69. The second-order valence-corrected chi connectivity index (χ2v) is 7.70. The van der Waals surface area contributed by atoms with E-state index in [9.17, 15) is 24.9 Å². The van der Waals surface area contributed by atoms with Crippen LogP contribution in [-0.2, 0) is 16.0 Å². The molecule has 160 valence electrons. The Morgan fingerprint density at radius 3 is 2.63 bits per heavy atom. The molecule has 2 unspecified atom stereocenters. The van der Waals surface area contributed by atoms with Crippen LogP contribution in [0.5, 0.6) is 5.75 Å². The summed E-state index contributed by atoms with van der Waals surface area (Å²) in [5, 5.41) is 39.3. The second-order valence-electron chi connectivity index (χ2n) is 7.70. The van der Waals surface area contributed by atoms with Crippen LogP contribution in [0.1, 0.15) is 24.5 Å². The van der Waals surface area contributed by atoms with Gasteiger partial charge in [-0.15, -0.1) is 0 Å². The van der Waals surface area contributed by atoms with Crippen LogP contribution in [0.4, 0.5) is 0 Å². The highest BCUT2D eigenvalue weighted by molar-refractivity contribution is 5.87. The summed E-state index contributed by atoms with van der Waals surface area (Å²) in [5.41, 5.74) is 2.19. The molecule has 4 bridgehead atoms. The Hall–Kier alpha value is -3.26. The van der Waals surface area contributed by atoms with Gasteiger partial charge in [0.1, 0.15) is 23.6 Å². The molecule has 1 aliphatic carbocycles. The van der Waals surface area contributed by atoms with E-state index < -0.39 is 24.0 Å². The van der Waals surface area contributed by atoms with Gasteiger partial charge in [-0.2, -0.15) is 0 Å². The van der Waals surface area contributed by atoms with Gasteiger partial charge in [0.05, 0.1) is 6.04 Å². The fourth-order valence-electron chi connectivity index (χ4n) is 3.97. The molecular formula is C22H27N3O5. The van der Waals surface area contributed by atoms with Gasteiger partial charge in [0, 0.05) is 29.2 Å². The van der Waals surface area contributed by atoms with Gasteiger partial charge in [0.2, 0.25) is 5.91 Å². The maximum atomic E-state index is 12.6. The van der Waals surface area contributed by atoms with Crippen LogP contribution < -0.4 is 16.0 Å². The number of rotatable bonds is 2. The van der Waals surface area contributed by atoms with Gasteiger partial charge < -0.3 is 31.3 Å². The third-order valence-corrected chi connectivity index (χ3v) is 5.60. The summed E-state index contributed by atoms with van der Waals surface area (Å²) < 4.78 is 0. The van der Waals surface area contributed by atoms with E-state index in [0.717, 1.165) is 0 Å². The van der Waals surface area contributed by atoms with Crippen molar-refractivity contribution in [2.24, 2.45) is 5.92 Å². The summed E-state index contributed by atoms with van der Waals surface area (Å²) in [5.74, 6) is -1.66. The lowest BCUT2D eigenvalue weighted by Gasteiger charge is -2.32. The van der Waals surface area contributed by atoms with Crippen molar-refractivity contribution in [3.8, 4) is 5.75 Å². The van der Waals surface area contributed by atoms with Gasteiger partial charge in [0.25, 0.3) is 0 Å². The van der Waals surface area contributed by atoms with Crippen molar-refractivity contribution in [2.45, 2.75) is 37.9 Å². The molecule has 0 saturated heterocycles. The lowest BCUT2D eigenvalue weighted by atomic mass is 9.82. The van der Waals surface area contributed by atoms with Crippen LogP contribution in [0.25, 0.3) is 5.57 Å². The number of amides is 1. The number of hydrogen-bond acceptors (Lipinski definition) is 6. The number of likely N-dealkylation sites (N-methyl/N-ethyl adjacent to an activating group) is 1. The van der Waals surface area contributed by atoms with Gasteiger partial charge in [-0.05, 0) is 44.2 Å². The Bertz CT molecular complexity index is 937. The second kappa shape index (κ2) is 8.62. The molecule has 30 heavy (non-hydrogen) atoms. The van der Waals surface area contributed by atoms with E-state index in [1.165, 1.54) is 6.07 Å². The van der Waals surface area contributed by atoms with Gasteiger partial charge in [0.15, 0.2) is 0 Å². The lowest BCUT2D eigenvalue weighted by Crippen LogP contribution is -2.51. The third kappa shape index (κ3) is 4.33. The summed E-state index contributed by atoms with van der Waals surface area (Å²) in [6, 6.07) is 2.66. The smallest absolute Gasteiger partial charge is 0.326 e. The third-order valence-electron chi connectivity index (χ3n) is 5.60. The molecule has 6 N–H and O–H groups in total. The molecular weight excluding hydrogens is 386 g/mol. The summed E-state index contributed by atoms with van der Waals surface area (Å²) in [4.78, 5) is 24.3. The summed E-state index contributed by atoms with van der Waals surface area (Å²) in [6.45, 7) is 5.70. The number of carboxylic acid groups (broad SMARTS) is 1. The molecule has 0 fully saturated rings. The Balaban J connectivity index is 2.10. The van der Waals surface area contributed by atoms with Crippen LogP contribution in [-0.4, -0.2) is 52.4 Å². The van der Waals surface area contributed by atoms with Crippen molar-refractivity contribution < 1.29 is 24.9 Å². The number of carbonyl (C=O) groups is 2. The first-order valence-corrected chi connectivity index (χ1v) is 9.79. The normalized spacial score (nSPS) is 27.1. The van der Waals surface area contributed by atoms with Crippen LogP contribution in [0.15, 0.2) is 48.4 Å². The number of benzene rings is 1. The lowest BCUT2D eigenvalue weighted by molar-refractivity contribution is -0.142. The minimum atomic E-state index is -1.16. The molecule has 1 aromatic rings. The van der Waals surface area contributed by atoms with Crippen molar-refractivity contribution in [1.29, 1.82) is 0 Å². The van der Waals surface area contributed by atoms with Crippen molar-refractivity contribution in [2.75, 3.05) is 7.05 Å². The average molecular weight is 413 g/mol. The molecule has 1 aromatic carbocycles. The summed E-state index contributed by atoms with van der Waals surface area (Å²) >= 11 is 0. The predicted octanol–water partition coefficient (Wildman–Crippen LogP) is 1.44. The number of carbonyl (C=O) groups excluding carboxylic acids is 1. The molecule has 0 spiro atoms. The molecule has 3 rings (SSSR count). The number of phenolic OH excluding ortho intramolecular Hbond substituents is 1. The zero-order chi connectivity index (χ0) is 22.0. The SMILES string of the molecule is C=C1N[C@@H](C)C(=O)N[C@H](C(=O)O)Cc2ccc(O)c(c2)C2=C(O)C=CC(C2)C1NC. The molecule has 1 amide bonds. The summed E-state index contributed by atoms with van der Waals surface area (Å²) in [7, 11) is 1.77. The maximum Gasteiger partial charge on any atom is 0.326 e. The van der Waals surface area contributed by atoms with E-state index >= 15 is 0 Å². The maximum absolute atomic E-state index is 12.6. The van der Waals surface area contributed by atoms with E-state index in [4.69, 9.17) is 0 Å². The Labute approximate surface area is 175 Å². The minimum Gasteiger partial charge on any atom is -0.508 e. The zero-order valence-corrected chi connectivity index (χ0v) is 17.0. The van der Waals surface area contributed by atoms with E-state index in [1.807, 2.05) is 6.08 Å². The molecule has 0 radical (unpaired) electrons. The van der Waals surface area contributed by atoms with Gasteiger partial charge >= 0.3 is 5.97 Å². The molecule has 1 aliphatic heterocycles. The predicted molar refractivity (Wildman–Crippen MR) is 113 cm³/mol. The van der Waals surface area contributed by atoms with E-state index in [-0.39, 0.29) is 29.9 Å². The Kier molecular flexibility index (Phi) is 6.17. The quantitative estimate of drug-likeness (QED) is 0.433. The minimum absolute atomic E-state index is 0.0102. The van der Waals surface area contributed by atoms with Crippen LogP contribution in [0, 0.1) is 5.92 Å². The van der Waals surface area contributed by atoms with Crippen LogP contribution in [0.2, 0.25) is 0 Å². The van der Waals surface area contributed by atoms with Crippen LogP contribution in [0.3, 0.4) is 0 Å². The molecule has 0 aromatic heterocycles. The van der Waals surface area contributed by atoms with Gasteiger partial charge in [-0.3, -0.25) is 4.79 Å². The van der Waals surface area contributed by atoms with E-state index in [0.29, 0.717) is 28.8 Å². The molecule has 8 nitrogen and oxygen atoms in total. The van der Waals surface area contributed by atoms with Crippen LogP contribution >= 0.6 is 0 Å². The van der Waals surface area contributed by atoms with E-state index in [2.05, 4.69) is 22.5 Å². The molecule has 1 heterocycles. The van der Waals surface area contributed by atoms with Crippen molar-refractivity contribution in [3.63, 3.8) is 0 Å². The molecule has 2 aliphatic rings. The number of hydrogen-bond donors (Lipinski definition) is 6. The van der Waals surface area contributed by atoms with Gasteiger partial charge in [-0.25, -0.2) is 4.79 Å². The standard InChI is InChI=1S/C22H27N3O5/c1-11-20(23-3)14-5-7-19(27)16(10-14)15-8-13(4-6-18(15)26)9-17(22(29)30)25-21(28)12(2)24-11/h4-8,12,14,17,20,23-24,26-27H,1,9-10H2,2-3H3,(H,25,28)(H,29,30)/t12-,14?,17-,20?/m0/s1. The Morgan fingerprint density at radius 2 is 1.97 bits per heavy atom. The number of nitrogens with one attached hydrogen (secondary N) is 3. The number of carboxylic acids is 1. The van der Waals surface area contributed by atoms with Gasteiger partial charge in [-0.1, -0.05) is 18.7 Å². The first-order chi connectivity index (χ1) is 14.2. The highest BCUT2D eigenvalue weighted by atomic mass is 16.4. The number of phenols is 1. The largest absolute Gasteiger partial charge is 0.508 e. The summed E-state index contributed by atoms with van der Waals surface area (Å²) in [6.07, 6.45) is 3.92. The first-order valence-electron chi connectivity index (χ1n) is 9.79. The highest BCUT2D eigenvalue weighted by Crippen LogP contribution is 2.37. The molecule has 4 atom stereocenters. The zero-order valence-electron chi connectivity index (χ0n) is 17.0. The number of allylic oxidation sites excluding steroid dienone is 2. The number of aromatic hydroxyl groups is 1. The fraction of sp³-hybridized carbons (Fsp3) is 0.364. The topological polar surface area (TPSA) is 131 Å². The number of aliphatic carboxylic acids is 1. The monoisotopic (exact) mass is 413 g/mol. The molecule has 8 heteroatoms. The van der Waals surface area contributed by atoms with E-state index in [1.54, 1.807) is 32.2 Å².